The predicted octanol–water partition coefficient (Wildman–Crippen LogP) is 1.20. The second-order valence-electron chi connectivity index (χ2n) is 5.51. The van der Waals surface area contributed by atoms with Crippen molar-refractivity contribution in [1.29, 1.82) is 0 Å². The largest absolute Gasteiger partial charge is 0.479 e. The Morgan fingerprint density at radius 3 is 2.79 bits per heavy atom. The van der Waals surface area contributed by atoms with Crippen LogP contribution >= 0.6 is 0 Å². The maximum Gasteiger partial charge on any atom is 0.332 e. The highest BCUT2D eigenvalue weighted by Crippen LogP contribution is 2.21. The number of carbonyl (C=O) groups is 2. The molecule has 2 unspecified atom stereocenters. The molecule has 0 radical (unpaired) electrons. The van der Waals surface area contributed by atoms with Gasteiger partial charge in [-0.05, 0) is 19.8 Å². The Kier molecular flexibility index (Phi) is 4.29. The molecule has 0 aromatic carbocycles. The zero-order valence-electron chi connectivity index (χ0n) is 11.4. The second kappa shape index (κ2) is 5.77. The first-order valence-electron chi connectivity index (χ1n) is 6.95. The fourth-order valence-corrected chi connectivity index (χ4v) is 2.74. The third-order valence-electron chi connectivity index (χ3n) is 4.09. The molecule has 2 N–H and O–H groups in total. The van der Waals surface area contributed by atoms with Crippen LogP contribution in [-0.2, 0) is 9.53 Å². The average Bonchev–Trinajstić information content (AvgIpc) is 2.72. The standard InChI is InChI=1S/C13H22N2O4/c1-10-5-3-2-4-7-15(10)12(18)14-13(11(16)17)6-8-19-9-13/h10H,2-9H2,1H3,(H,14,18)(H,16,17). The van der Waals surface area contributed by atoms with Gasteiger partial charge in [0.1, 0.15) is 0 Å². The molecule has 2 aliphatic rings. The van der Waals surface area contributed by atoms with E-state index >= 15 is 0 Å². The summed E-state index contributed by atoms with van der Waals surface area (Å²) in [5.41, 5.74) is -1.25. The Morgan fingerprint density at radius 1 is 1.37 bits per heavy atom. The number of aliphatic carboxylic acids is 1. The maximum atomic E-state index is 12.3. The number of hydrogen-bond donors (Lipinski definition) is 2. The van der Waals surface area contributed by atoms with E-state index in [4.69, 9.17) is 4.74 Å². The zero-order valence-corrected chi connectivity index (χ0v) is 11.4. The fourth-order valence-electron chi connectivity index (χ4n) is 2.74. The molecule has 2 atom stereocenters. The normalized spacial score (nSPS) is 31.8. The van der Waals surface area contributed by atoms with Crippen LogP contribution < -0.4 is 5.32 Å². The number of nitrogens with zero attached hydrogens (tertiary/aromatic N) is 1. The van der Waals surface area contributed by atoms with Gasteiger partial charge in [0.25, 0.3) is 0 Å². The molecule has 2 amide bonds. The summed E-state index contributed by atoms with van der Waals surface area (Å²) in [7, 11) is 0. The van der Waals surface area contributed by atoms with Gasteiger partial charge in [-0.2, -0.15) is 0 Å². The minimum Gasteiger partial charge on any atom is -0.479 e. The van der Waals surface area contributed by atoms with Crippen LogP contribution in [0.15, 0.2) is 0 Å². The van der Waals surface area contributed by atoms with Gasteiger partial charge in [0.15, 0.2) is 5.54 Å². The van der Waals surface area contributed by atoms with Gasteiger partial charge in [0, 0.05) is 25.6 Å². The van der Waals surface area contributed by atoms with Crippen LogP contribution in [0.3, 0.4) is 0 Å². The zero-order chi connectivity index (χ0) is 13.9. The topological polar surface area (TPSA) is 78.9 Å². The number of carbonyl (C=O) groups excluding carboxylic acids is 1. The van der Waals surface area contributed by atoms with Gasteiger partial charge in [-0.1, -0.05) is 12.8 Å². The summed E-state index contributed by atoms with van der Waals surface area (Å²) in [6.45, 7) is 3.14. The van der Waals surface area contributed by atoms with Crippen LogP contribution in [0.25, 0.3) is 0 Å². The molecular formula is C13H22N2O4. The van der Waals surface area contributed by atoms with Crippen LogP contribution in [0.1, 0.15) is 39.0 Å². The third kappa shape index (κ3) is 3.00. The van der Waals surface area contributed by atoms with Crippen molar-refractivity contribution >= 4 is 12.0 Å². The van der Waals surface area contributed by atoms with Crippen molar-refractivity contribution < 1.29 is 19.4 Å². The molecule has 19 heavy (non-hydrogen) atoms. The van der Waals surface area contributed by atoms with Crippen molar-refractivity contribution in [3.63, 3.8) is 0 Å². The number of amides is 2. The van der Waals surface area contributed by atoms with E-state index in [2.05, 4.69) is 5.32 Å². The van der Waals surface area contributed by atoms with E-state index in [0.717, 1.165) is 25.7 Å². The Hall–Kier alpha value is -1.30. The molecule has 0 spiro atoms. The molecular weight excluding hydrogens is 248 g/mol. The molecule has 0 aromatic heterocycles. The van der Waals surface area contributed by atoms with Gasteiger partial charge >= 0.3 is 12.0 Å². The van der Waals surface area contributed by atoms with E-state index in [1.807, 2.05) is 6.92 Å². The average molecular weight is 270 g/mol. The number of carboxylic acids is 1. The Balaban J connectivity index is 2.04. The first-order chi connectivity index (χ1) is 9.05. The maximum absolute atomic E-state index is 12.3. The monoisotopic (exact) mass is 270 g/mol. The highest BCUT2D eigenvalue weighted by atomic mass is 16.5. The van der Waals surface area contributed by atoms with E-state index in [9.17, 15) is 14.7 Å². The van der Waals surface area contributed by atoms with Crippen molar-refractivity contribution in [2.75, 3.05) is 19.8 Å². The summed E-state index contributed by atoms with van der Waals surface area (Å²) >= 11 is 0. The van der Waals surface area contributed by atoms with E-state index in [1.165, 1.54) is 0 Å². The molecule has 108 valence electrons. The molecule has 0 aliphatic carbocycles. The van der Waals surface area contributed by atoms with Crippen molar-refractivity contribution in [2.45, 2.75) is 50.6 Å². The van der Waals surface area contributed by atoms with E-state index in [1.54, 1.807) is 4.90 Å². The predicted molar refractivity (Wildman–Crippen MR) is 69.0 cm³/mol. The van der Waals surface area contributed by atoms with Gasteiger partial charge in [0.2, 0.25) is 0 Å². The lowest BCUT2D eigenvalue weighted by molar-refractivity contribution is -0.144. The summed E-state index contributed by atoms with van der Waals surface area (Å²) < 4.78 is 5.15. The Bertz CT molecular complexity index is 353. The number of nitrogens with one attached hydrogen (secondary N) is 1. The summed E-state index contributed by atoms with van der Waals surface area (Å²) in [5, 5.41) is 12.0. The van der Waals surface area contributed by atoms with Crippen molar-refractivity contribution in [2.24, 2.45) is 0 Å². The number of rotatable bonds is 2. The molecule has 0 saturated carbocycles. The summed E-state index contributed by atoms with van der Waals surface area (Å²) in [6.07, 6.45) is 4.54. The van der Waals surface area contributed by atoms with Crippen LogP contribution in [0.5, 0.6) is 0 Å². The van der Waals surface area contributed by atoms with Crippen LogP contribution in [-0.4, -0.2) is 53.3 Å². The highest BCUT2D eigenvalue weighted by Gasteiger charge is 2.45. The van der Waals surface area contributed by atoms with Crippen LogP contribution in [0, 0.1) is 0 Å². The fraction of sp³-hybridized carbons (Fsp3) is 0.846. The second-order valence-corrected chi connectivity index (χ2v) is 5.51. The van der Waals surface area contributed by atoms with E-state index in [-0.39, 0.29) is 18.7 Å². The molecule has 2 rings (SSSR count). The van der Waals surface area contributed by atoms with Crippen LogP contribution in [0.2, 0.25) is 0 Å². The van der Waals surface area contributed by atoms with E-state index < -0.39 is 11.5 Å². The van der Waals surface area contributed by atoms with E-state index in [0.29, 0.717) is 19.6 Å². The molecule has 2 aliphatic heterocycles. The first-order valence-corrected chi connectivity index (χ1v) is 6.95. The van der Waals surface area contributed by atoms with Crippen LogP contribution in [0.4, 0.5) is 4.79 Å². The molecule has 2 heterocycles. The SMILES string of the molecule is CC1CCCCCN1C(=O)NC1(C(=O)O)CCOC1. The van der Waals surface area contributed by atoms with Crippen molar-refractivity contribution in [3.05, 3.63) is 0 Å². The summed E-state index contributed by atoms with van der Waals surface area (Å²) in [6, 6.07) is -0.113. The van der Waals surface area contributed by atoms with Gasteiger partial charge in [-0.25, -0.2) is 9.59 Å². The third-order valence-corrected chi connectivity index (χ3v) is 4.09. The smallest absolute Gasteiger partial charge is 0.332 e. The lowest BCUT2D eigenvalue weighted by Crippen LogP contribution is -2.59. The molecule has 2 fully saturated rings. The molecule has 0 bridgehead atoms. The minimum absolute atomic E-state index is 0.0519. The summed E-state index contributed by atoms with van der Waals surface area (Å²) in [4.78, 5) is 25.5. The number of carboxylic acid groups (broad SMARTS) is 1. The lowest BCUT2D eigenvalue weighted by Gasteiger charge is -2.32. The minimum atomic E-state index is -1.25. The quantitative estimate of drug-likeness (QED) is 0.790. The van der Waals surface area contributed by atoms with Crippen molar-refractivity contribution in [3.8, 4) is 0 Å². The Labute approximate surface area is 113 Å². The highest BCUT2D eigenvalue weighted by molar-refractivity contribution is 5.86. The number of hydrogen-bond acceptors (Lipinski definition) is 3. The van der Waals surface area contributed by atoms with Crippen molar-refractivity contribution in [1.82, 2.24) is 10.2 Å². The molecule has 6 heteroatoms. The number of ether oxygens (including phenoxy) is 1. The molecule has 0 aromatic rings. The molecule has 2 saturated heterocycles. The van der Waals surface area contributed by atoms with Gasteiger partial charge < -0.3 is 20.1 Å². The summed E-state index contributed by atoms with van der Waals surface area (Å²) in [5.74, 6) is -1.01. The first kappa shape index (κ1) is 14.1. The number of urea groups is 1. The van der Waals surface area contributed by atoms with Gasteiger partial charge in [0.05, 0.1) is 6.61 Å². The number of likely N-dealkylation sites (tertiary alicyclic amines) is 1. The van der Waals surface area contributed by atoms with Gasteiger partial charge in [-0.3, -0.25) is 0 Å². The lowest BCUT2D eigenvalue weighted by atomic mass is 9.99. The van der Waals surface area contributed by atoms with Gasteiger partial charge in [-0.15, -0.1) is 0 Å². The Morgan fingerprint density at radius 2 is 2.16 bits per heavy atom. The molecule has 6 nitrogen and oxygen atoms in total.